The Bertz CT molecular complexity index is 457. The fourth-order valence-corrected chi connectivity index (χ4v) is 3.42. The number of likely N-dealkylation sites (tertiary alicyclic amines) is 2. The van der Waals surface area contributed by atoms with Gasteiger partial charge in [-0.05, 0) is 45.4 Å². The van der Waals surface area contributed by atoms with Crippen LogP contribution >= 0.6 is 0 Å². The molecule has 2 aliphatic rings. The van der Waals surface area contributed by atoms with E-state index in [1.54, 1.807) is 9.80 Å². The van der Waals surface area contributed by atoms with Gasteiger partial charge in [0.05, 0.1) is 6.61 Å². The van der Waals surface area contributed by atoms with Crippen LogP contribution in [0.25, 0.3) is 0 Å². The quantitative estimate of drug-likeness (QED) is 0.571. The summed E-state index contributed by atoms with van der Waals surface area (Å²) in [5.41, 5.74) is 0. The minimum Gasteiger partial charge on any atom is -0.447 e. The molecule has 0 aromatic heterocycles. The normalized spacial score (nSPS) is 16.5. The second-order valence-corrected chi connectivity index (χ2v) is 7.05. The third kappa shape index (κ3) is 9.47. The minimum absolute atomic E-state index is 0.110. The van der Waals surface area contributed by atoms with Crippen LogP contribution in [0.2, 0.25) is 0 Å². The highest BCUT2D eigenvalue weighted by molar-refractivity contribution is 5.87. The topological polar surface area (TPSA) is 79.4 Å². The molecule has 8 heteroatoms. The molecule has 0 aliphatic carbocycles. The van der Waals surface area contributed by atoms with Crippen LogP contribution in [0, 0.1) is 0 Å². The van der Waals surface area contributed by atoms with Crippen molar-refractivity contribution in [3.8, 4) is 0 Å². The maximum atomic E-state index is 12.6. The Hall–Kier alpha value is -1.83. The smallest absolute Gasteiger partial charge is 0.410 e. The lowest BCUT2D eigenvalue weighted by molar-refractivity contribution is -0.136. The monoisotopic (exact) mass is 413 g/mol. The molecule has 8 nitrogen and oxygen atoms in total. The number of nitrogens with zero attached hydrogens (tertiary/aromatic N) is 3. The van der Waals surface area contributed by atoms with Gasteiger partial charge in [-0.15, -0.1) is 0 Å². The Morgan fingerprint density at radius 2 is 1.21 bits per heavy atom. The predicted octanol–water partition coefficient (Wildman–Crippen LogP) is 2.51. The molecule has 2 fully saturated rings. The number of piperidine rings is 2. The molecule has 0 spiro atoms. The van der Waals surface area contributed by atoms with Gasteiger partial charge in [0.15, 0.2) is 0 Å². The molecule has 2 aliphatic heterocycles. The number of hydrogen-bond acceptors (Lipinski definition) is 5. The van der Waals surface area contributed by atoms with Crippen LogP contribution < -0.4 is 0 Å². The lowest BCUT2D eigenvalue weighted by Gasteiger charge is -2.31. The third-order valence-corrected chi connectivity index (χ3v) is 4.99. The van der Waals surface area contributed by atoms with Gasteiger partial charge < -0.3 is 19.3 Å². The summed E-state index contributed by atoms with van der Waals surface area (Å²) in [7, 11) is 0. The average Bonchev–Trinajstić information content (AvgIpc) is 2.78. The molecule has 0 N–H and O–H groups in total. The first-order valence-corrected chi connectivity index (χ1v) is 11.2. The van der Waals surface area contributed by atoms with Gasteiger partial charge in [-0.3, -0.25) is 14.5 Å². The van der Waals surface area contributed by atoms with Gasteiger partial charge in [-0.25, -0.2) is 4.79 Å². The molecule has 3 amide bonds. The van der Waals surface area contributed by atoms with Gasteiger partial charge in [0.1, 0.15) is 19.7 Å². The fraction of sp³-hybridized carbons (Fsp3) is 0.857. The summed E-state index contributed by atoms with van der Waals surface area (Å²) in [5, 5.41) is 0. The molecule has 0 unspecified atom stereocenters. The van der Waals surface area contributed by atoms with Crippen LogP contribution in [0.3, 0.4) is 0 Å². The maximum absolute atomic E-state index is 12.6. The van der Waals surface area contributed by atoms with E-state index in [0.717, 1.165) is 38.5 Å². The van der Waals surface area contributed by atoms with Gasteiger partial charge in [0, 0.05) is 32.8 Å². The van der Waals surface area contributed by atoms with Crippen molar-refractivity contribution in [3.05, 3.63) is 0 Å². The van der Waals surface area contributed by atoms with E-state index in [2.05, 4.69) is 0 Å². The number of carbonyl (C=O) groups excluding carboxylic acids is 3. The summed E-state index contributed by atoms with van der Waals surface area (Å²) >= 11 is 0. The van der Waals surface area contributed by atoms with Crippen molar-refractivity contribution < 1.29 is 23.9 Å². The zero-order valence-electron chi connectivity index (χ0n) is 18.5. The Kier molecular flexibility index (Phi) is 13.1. The zero-order valence-corrected chi connectivity index (χ0v) is 18.5. The van der Waals surface area contributed by atoms with Gasteiger partial charge in [0.25, 0.3) is 0 Å². The summed E-state index contributed by atoms with van der Waals surface area (Å²) in [6.07, 6.45) is 5.55. The predicted molar refractivity (Wildman–Crippen MR) is 112 cm³/mol. The fourth-order valence-electron chi connectivity index (χ4n) is 3.42. The summed E-state index contributed by atoms with van der Waals surface area (Å²) in [4.78, 5) is 42.4. The summed E-state index contributed by atoms with van der Waals surface area (Å²) in [6.45, 7) is 9.44. The number of carbonyl (C=O) groups is 3. The van der Waals surface area contributed by atoms with E-state index in [0.29, 0.717) is 39.4 Å². The molecule has 0 atom stereocenters. The van der Waals surface area contributed by atoms with Crippen molar-refractivity contribution in [1.29, 1.82) is 0 Å². The molecule has 2 saturated heterocycles. The average molecular weight is 414 g/mol. The molecular formula is C21H39N3O5. The lowest BCUT2D eigenvalue weighted by atomic mass is 10.1. The van der Waals surface area contributed by atoms with Crippen LogP contribution in [0.1, 0.15) is 59.3 Å². The van der Waals surface area contributed by atoms with E-state index in [9.17, 15) is 14.4 Å². The highest BCUT2D eigenvalue weighted by atomic mass is 16.6. The standard InChI is InChI=1S/C19H33N3O5.C2H6/c1-2-26-13-14-27-19(25)22(15-17(23)20-9-5-3-6-10-20)16-18(24)21-11-7-4-8-12-21;1-2/h2-16H2,1H3;1-2H3. The van der Waals surface area contributed by atoms with Crippen LogP contribution in [0.5, 0.6) is 0 Å². The number of hydrogen-bond donors (Lipinski definition) is 0. The van der Waals surface area contributed by atoms with Crippen LogP contribution in [0.4, 0.5) is 4.79 Å². The Morgan fingerprint density at radius 1 is 0.759 bits per heavy atom. The molecule has 0 aromatic rings. The molecule has 29 heavy (non-hydrogen) atoms. The zero-order chi connectivity index (χ0) is 21.5. The SMILES string of the molecule is CC.CCOCCOC(=O)N(CC(=O)N1CCCCC1)CC(=O)N1CCCCC1. The van der Waals surface area contributed by atoms with E-state index in [1.165, 1.54) is 4.90 Å². The molecule has 168 valence electrons. The largest absolute Gasteiger partial charge is 0.447 e. The maximum Gasteiger partial charge on any atom is 0.410 e. The van der Waals surface area contributed by atoms with Crippen molar-refractivity contribution in [3.63, 3.8) is 0 Å². The summed E-state index contributed by atoms with van der Waals surface area (Å²) in [5.74, 6) is -0.245. The number of rotatable bonds is 8. The van der Waals surface area contributed by atoms with Crippen molar-refractivity contribution in [1.82, 2.24) is 14.7 Å². The first kappa shape index (κ1) is 25.2. The van der Waals surface area contributed by atoms with Crippen molar-refractivity contribution in [2.45, 2.75) is 59.3 Å². The number of amides is 3. The highest BCUT2D eigenvalue weighted by Crippen LogP contribution is 2.12. The van der Waals surface area contributed by atoms with Crippen LogP contribution in [-0.2, 0) is 19.1 Å². The highest BCUT2D eigenvalue weighted by Gasteiger charge is 2.27. The van der Waals surface area contributed by atoms with Gasteiger partial charge in [-0.2, -0.15) is 0 Å². The van der Waals surface area contributed by atoms with Crippen molar-refractivity contribution in [2.75, 3.05) is 59.1 Å². The summed E-state index contributed by atoms with van der Waals surface area (Å²) in [6, 6.07) is 0. The molecule has 0 bridgehead atoms. The second kappa shape index (κ2) is 15.1. The van der Waals surface area contributed by atoms with E-state index in [4.69, 9.17) is 9.47 Å². The lowest BCUT2D eigenvalue weighted by Crippen LogP contribution is -2.49. The van der Waals surface area contributed by atoms with Crippen LogP contribution in [0.15, 0.2) is 0 Å². The number of ether oxygens (including phenoxy) is 2. The Labute approximate surface area is 175 Å². The van der Waals surface area contributed by atoms with Crippen molar-refractivity contribution >= 4 is 17.9 Å². The molecule has 2 rings (SSSR count). The third-order valence-electron chi connectivity index (χ3n) is 4.99. The molecule has 0 radical (unpaired) electrons. The second-order valence-electron chi connectivity index (χ2n) is 7.05. The Balaban J connectivity index is 0.00000204. The van der Waals surface area contributed by atoms with Gasteiger partial charge in [0.2, 0.25) is 11.8 Å². The minimum atomic E-state index is -0.634. The molecule has 2 heterocycles. The van der Waals surface area contributed by atoms with E-state index < -0.39 is 6.09 Å². The van der Waals surface area contributed by atoms with Gasteiger partial charge >= 0.3 is 6.09 Å². The van der Waals surface area contributed by atoms with E-state index in [1.807, 2.05) is 20.8 Å². The van der Waals surface area contributed by atoms with Crippen molar-refractivity contribution in [2.24, 2.45) is 0 Å². The van der Waals surface area contributed by atoms with Gasteiger partial charge in [-0.1, -0.05) is 13.8 Å². The molecule has 0 aromatic carbocycles. The molecule has 0 saturated carbocycles. The first-order valence-electron chi connectivity index (χ1n) is 11.2. The van der Waals surface area contributed by atoms with E-state index >= 15 is 0 Å². The van der Waals surface area contributed by atoms with E-state index in [-0.39, 0.29) is 31.5 Å². The van der Waals surface area contributed by atoms with Crippen LogP contribution in [-0.4, -0.2) is 91.7 Å². The molecular weight excluding hydrogens is 374 g/mol. The summed E-state index contributed by atoms with van der Waals surface area (Å²) < 4.78 is 10.4. The Morgan fingerprint density at radius 3 is 1.62 bits per heavy atom. The first-order chi connectivity index (χ1) is 14.1.